The van der Waals surface area contributed by atoms with Crippen LogP contribution in [0.3, 0.4) is 0 Å². The first-order valence-electron chi connectivity index (χ1n) is 9.61. The molecule has 0 bridgehead atoms. The van der Waals surface area contributed by atoms with Gasteiger partial charge in [-0.15, -0.1) is 0 Å². The van der Waals surface area contributed by atoms with Gasteiger partial charge in [-0.2, -0.15) is 0 Å². The van der Waals surface area contributed by atoms with Crippen LogP contribution in [0.25, 0.3) is 0 Å². The number of ether oxygens (including phenoxy) is 1. The number of hydrogen-bond acceptors (Lipinski definition) is 4. The minimum atomic E-state index is -0.265. The molecule has 3 rings (SSSR count). The summed E-state index contributed by atoms with van der Waals surface area (Å²) >= 11 is 0. The van der Waals surface area contributed by atoms with Gasteiger partial charge in [-0.05, 0) is 43.7 Å². The van der Waals surface area contributed by atoms with Crippen LogP contribution in [-0.2, 0) is 4.74 Å². The van der Waals surface area contributed by atoms with Gasteiger partial charge in [-0.1, -0.05) is 25.1 Å². The van der Waals surface area contributed by atoms with Gasteiger partial charge in [0.2, 0.25) is 0 Å². The van der Waals surface area contributed by atoms with E-state index in [1.807, 2.05) is 50.2 Å². The maximum Gasteiger partial charge on any atom is 0.256 e. The molecule has 0 aliphatic carbocycles. The van der Waals surface area contributed by atoms with Crippen molar-refractivity contribution in [2.24, 2.45) is 0 Å². The van der Waals surface area contributed by atoms with Crippen LogP contribution in [-0.4, -0.2) is 43.0 Å². The van der Waals surface area contributed by atoms with Crippen molar-refractivity contribution in [2.75, 3.05) is 25.6 Å². The van der Waals surface area contributed by atoms with Gasteiger partial charge in [-0.3, -0.25) is 9.59 Å². The van der Waals surface area contributed by atoms with E-state index in [2.05, 4.69) is 10.6 Å². The van der Waals surface area contributed by atoms with Crippen LogP contribution < -0.4 is 10.6 Å². The third-order valence-electron chi connectivity index (χ3n) is 5.03. The Labute approximate surface area is 165 Å². The van der Waals surface area contributed by atoms with Crippen molar-refractivity contribution in [3.63, 3.8) is 0 Å². The van der Waals surface area contributed by atoms with Crippen LogP contribution in [0.4, 0.5) is 5.69 Å². The predicted octanol–water partition coefficient (Wildman–Crippen LogP) is 3.43. The summed E-state index contributed by atoms with van der Waals surface area (Å²) < 4.78 is 5.17. The Morgan fingerprint density at radius 3 is 2.57 bits per heavy atom. The van der Waals surface area contributed by atoms with Crippen LogP contribution in [0, 0.1) is 0 Å². The maximum atomic E-state index is 12.8. The molecule has 6 nitrogen and oxygen atoms in total. The molecule has 2 atom stereocenters. The van der Waals surface area contributed by atoms with Crippen LogP contribution in [0.1, 0.15) is 52.7 Å². The average molecular weight is 381 g/mol. The average Bonchev–Trinajstić information content (AvgIpc) is 2.98. The first kappa shape index (κ1) is 19.9. The zero-order chi connectivity index (χ0) is 20.1. The Balaban J connectivity index is 1.77. The van der Waals surface area contributed by atoms with E-state index in [1.54, 1.807) is 24.1 Å². The zero-order valence-corrected chi connectivity index (χ0v) is 16.6. The van der Waals surface area contributed by atoms with Crippen molar-refractivity contribution in [3.8, 4) is 0 Å². The molecule has 0 saturated heterocycles. The molecular formula is C22H27N3O3. The molecule has 148 valence electrons. The highest BCUT2D eigenvalue weighted by atomic mass is 16.5. The molecule has 2 N–H and O–H groups in total. The summed E-state index contributed by atoms with van der Waals surface area (Å²) in [6, 6.07) is 15.1. The van der Waals surface area contributed by atoms with Gasteiger partial charge in [0.05, 0.1) is 6.61 Å². The smallest absolute Gasteiger partial charge is 0.256 e. The van der Waals surface area contributed by atoms with E-state index in [9.17, 15) is 9.59 Å². The number of carbonyl (C=O) groups excluding carboxylic acids is 2. The number of hydrogen-bond donors (Lipinski definition) is 2. The third-order valence-corrected chi connectivity index (χ3v) is 5.03. The van der Waals surface area contributed by atoms with E-state index < -0.39 is 0 Å². The van der Waals surface area contributed by atoms with Gasteiger partial charge in [-0.25, -0.2) is 0 Å². The number of anilines is 1. The summed E-state index contributed by atoms with van der Waals surface area (Å²) in [7, 11) is 1.62. The van der Waals surface area contributed by atoms with Gasteiger partial charge in [0.25, 0.3) is 11.8 Å². The monoisotopic (exact) mass is 381 g/mol. The number of carbonyl (C=O) groups is 2. The Hall–Kier alpha value is -2.86. The predicted molar refractivity (Wildman–Crippen MR) is 109 cm³/mol. The largest absolute Gasteiger partial charge is 0.383 e. The topological polar surface area (TPSA) is 70.7 Å². The highest BCUT2D eigenvalue weighted by Gasteiger charge is 2.36. The van der Waals surface area contributed by atoms with Gasteiger partial charge in [0.15, 0.2) is 0 Å². The zero-order valence-electron chi connectivity index (χ0n) is 16.6. The minimum Gasteiger partial charge on any atom is -0.383 e. The maximum absolute atomic E-state index is 12.8. The summed E-state index contributed by atoms with van der Waals surface area (Å²) in [6.45, 7) is 4.98. The number of amides is 2. The molecule has 0 saturated carbocycles. The van der Waals surface area contributed by atoms with Crippen molar-refractivity contribution in [2.45, 2.75) is 32.5 Å². The van der Waals surface area contributed by atoms with Crippen LogP contribution in [0.2, 0.25) is 0 Å². The van der Waals surface area contributed by atoms with Crippen molar-refractivity contribution in [1.29, 1.82) is 0 Å². The van der Waals surface area contributed by atoms with Crippen LogP contribution >= 0.6 is 0 Å². The van der Waals surface area contributed by atoms with E-state index in [-0.39, 0.29) is 24.0 Å². The first-order valence-corrected chi connectivity index (χ1v) is 9.61. The molecule has 0 spiro atoms. The van der Waals surface area contributed by atoms with Crippen molar-refractivity contribution >= 4 is 17.5 Å². The number of methoxy groups -OCH3 is 1. The number of nitrogens with zero attached hydrogens (tertiary/aromatic N) is 1. The Morgan fingerprint density at radius 2 is 1.89 bits per heavy atom. The molecule has 0 aromatic heterocycles. The van der Waals surface area contributed by atoms with E-state index in [0.717, 1.165) is 17.7 Å². The number of rotatable bonds is 8. The molecule has 1 aliphatic rings. The number of benzene rings is 2. The quantitative estimate of drug-likeness (QED) is 0.735. The molecule has 2 unspecified atom stereocenters. The van der Waals surface area contributed by atoms with E-state index >= 15 is 0 Å². The van der Waals surface area contributed by atoms with Gasteiger partial charge in [0, 0.05) is 42.1 Å². The lowest BCUT2D eigenvalue weighted by Gasteiger charge is -2.27. The van der Waals surface area contributed by atoms with Crippen molar-refractivity contribution in [3.05, 3.63) is 65.2 Å². The normalized spacial score (nSPS) is 16.6. The summed E-state index contributed by atoms with van der Waals surface area (Å²) in [5.41, 5.74) is 3.12. The molecule has 1 aliphatic heterocycles. The molecule has 0 fully saturated rings. The fourth-order valence-corrected chi connectivity index (χ4v) is 3.23. The molecule has 28 heavy (non-hydrogen) atoms. The van der Waals surface area contributed by atoms with Crippen molar-refractivity contribution in [1.82, 2.24) is 10.2 Å². The minimum absolute atomic E-state index is 0.00491. The molecule has 0 radical (unpaired) electrons. The van der Waals surface area contributed by atoms with E-state index in [4.69, 9.17) is 4.74 Å². The fraction of sp³-hybridized carbons (Fsp3) is 0.364. The SMILES string of the molecule is CCC(C)NC(=O)c1ccc(NC2c3ccccc3C(=O)N2CCOC)cc1. The second kappa shape index (κ2) is 8.89. The van der Waals surface area contributed by atoms with Gasteiger partial charge in [0.1, 0.15) is 6.17 Å². The lowest BCUT2D eigenvalue weighted by molar-refractivity contribution is 0.0674. The summed E-state index contributed by atoms with van der Waals surface area (Å²) in [5.74, 6) is -0.0845. The Bertz CT molecular complexity index is 835. The number of fused-ring (bicyclic) bond motifs is 1. The second-order valence-corrected chi connectivity index (χ2v) is 6.99. The summed E-state index contributed by atoms with van der Waals surface area (Å²) in [6.07, 6.45) is 0.622. The lowest BCUT2D eigenvalue weighted by Crippen LogP contribution is -2.35. The van der Waals surface area contributed by atoms with Crippen LogP contribution in [0.15, 0.2) is 48.5 Å². The second-order valence-electron chi connectivity index (χ2n) is 6.99. The Morgan fingerprint density at radius 1 is 1.18 bits per heavy atom. The first-order chi connectivity index (χ1) is 13.5. The molecule has 1 heterocycles. The molecular weight excluding hydrogens is 354 g/mol. The summed E-state index contributed by atoms with van der Waals surface area (Å²) in [4.78, 5) is 26.8. The van der Waals surface area contributed by atoms with Gasteiger partial charge >= 0.3 is 0 Å². The van der Waals surface area contributed by atoms with Crippen molar-refractivity contribution < 1.29 is 14.3 Å². The Kier molecular flexibility index (Phi) is 6.31. The number of nitrogens with one attached hydrogen (secondary N) is 2. The molecule has 2 aromatic rings. The molecule has 6 heteroatoms. The van der Waals surface area contributed by atoms with Crippen LogP contribution in [0.5, 0.6) is 0 Å². The standard InChI is InChI=1S/C22H27N3O3/c1-4-15(2)23-21(26)16-9-11-17(12-10-16)24-20-18-7-5-6-8-19(18)22(27)25(20)13-14-28-3/h5-12,15,20,24H,4,13-14H2,1-3H3,(H,23,26). The molecule has 2 aromatic carbocycles. The van der Waals surface area contributed by atoms with E-state index in [0.29, 0.717) is 24.3 Å². The molecule has 2 amide bonds. The highest BCUT2D eigenvalue weighted by molar-refractivity contribution is 5.99. The fourth-order valence-electron chi connectivity index (χ4n) is 3.23. The summed E-state index contributed by atoms with van der Waals surface area (Å²) in [5, 5.41) is 6.38. The van der Waals surface area contributed by atoms with Gasteiger partial charge < -0.3 is 20.3 Å². The highest BCUT2D eigenvalue weighted by Crippen LogP contribution is 2.34. The van der Waals surface area contributed by atoms with E-state index in [1.165, 1.54) is 0 Å². The third kappa shape index (κ3) is 4.17. The lowest BCUT2D eigenvalue weighted by atomic mass is 10.1.